The molecule has 0 N–H and O–H groups in total. The average molecular weight is 351 g/mol. The van der Waals surface area contributed by atoms with Crippen LogP contribution in [0.25, 0.3) is 0 Å². The number of para-hydroxylation sites is 1. The highest BCUT2D eigenvalue weighted by Gasteiger charge is 1.95. The van der Waals surface area contributed by atoms with E-state index in [2.05, 4.69) is 0 Å². The third-order valence-corrected chi connectivity index (χ3v) is 4.23. The van der Waals surface area contributed by atoms with Crippen molar-refractivity contribution in [3.05, 3.63) is 30.3 Å². The molecule has 0 heterocycles. The maximum Gasteiger partial charge on any atom is 0.119 e. The zero-order chi connectivity index (χ0) is 17.8. The van der Waals surface area contributed by atoms with Crippen LogP contribution in [0.15, 0.2) is 30.3 Å². The van der Waals surface area contributed by atoms with E-state index in [1.54, 1.807) is 0 Å². The van der Waals surface area contributed by atoms with Crippen LogP contribution in [0.4, 0.5) is 0 Å². The zero-order valence-electron chi connectivity index (χ0n) is 16.2. The molecule has 0 spiro atoms. The molecule has 0 saturated heterocycles. The molecule has 1 aromatic carbocycles. The van der Waals surface area contributed by atoms with Gasteiger partial charge in [0.15, 0.2) is 0 Å². The first-order chi connectivity index (χ1) is 12.4. The van der Waals surface area contributed by atoms with E-state index < -0.39 is 0 Å². The van der Waals surface area contributed by atoms with E-state index in [1.165, 1.54) is 51.4 Å². The minimum atomic E-state index is 0.807. The van der Waals surface area contributed by atoms with Crippen LogP contribution in [0.2, 0.25) is 0 Å². The van der Waals surface area contributed by atoms with Gasteiger partial charge in [0.1, 0.15) is 5.75 Å². The Bertz CT molecular complexity index is 367. The van der Waals surface area contributed by atoms with Crippen molar-refractivity contribution in [1.29, 1.82) is 0 Å². The van der Waals surface area contributed by atoms with E-state index in [1.807, 2.05) is 37.3 Å². The average Bonchev–Trinajstić information content (AvgIpc) is 2.65. The van der Waals surface area contributed by atoms with Crippen LogP contribution in [0.3, 0.4) is 0 Å². The lowest BCUT2D eigenvalue weighted by atomic mass is 10.1. The Morgan fingerprint density at radius 3 is 1.72 bits per heavy atom. The molecule has 0 amide bonds. The third kappa shape index (κ3) is 14.9. The topological polar surface area (TPSA) is 27.7 Å². The second-order valence-corrected chi connectivity index (χ2v) is 6.51. The molecule has 0 aromatic heterocycles. The minimum Gasteiger partial charge on any atom is -0.494 e. The Balaban J connectivity index is 1.69. The molecule has 1 rings (SSSR count). The van der Waals surface area contributed by atoms with E-state index in [9.17, 15) is 0 Å². The number of hydrogen-bond donors (Lipinski definition) is 0. The molecular weight excluding hydrogens is 312 g/mol. The fraction of sp³-hybridized carbons (Fsp3) is 0.727. The molecule has 3 nitrogen and oxygen atoms in total. The summed E-state index contributed by atoms with van der Waals surface area (Å²) in [6.45, 7) is 6.26. The summed E-state index contributed by atoms with van der Waals surface area (Å²) in [7, 11) is 0. The number of benzene rings is 1. The van der Waals surface area contributed by atoms with Crippen LogP contribution in [0.5, 0.6) is 5.75 Å². The van der Waals surface area contributed by atoms with Crippen molar-refractivity contribution in [3.8, 4) is 5.75 Å². The van der Waals surface area contributed by atoms with Crippen molar-refractivity contribution >= 4 is 0 Å². The fourth-order valence-electron chi connectivity index (χ4n) is 2.76. The lowest BCUT2D eigenvalue weighted by Gasteiger charge is -2.06. The predicted octanol–water partition coefficient (Wildman–Crippen LogP) is 6.02. The van der Waals surface area contributed by atoms with Crippen LogP contribution in [-0.2, 0) is 9.47 Å². The molecule has 0 fully saturated rings. The summed E-state index contributed by atoms with van der Waals surface area (Å²) in [5.41, 5.74) is 0. The Labute approximate surface area is 155 Å². The van der Waals surface area contributed by atoms with Gasteiger partial charge in [0.05, 0.1) is 6.61 Å². The van der Waals surface area contributed by atoms with Gasteiger partial charge in [-0.3, -0.25) is 0 Å². The van der Waals surface area contributed by atoms with Crippen molar-refractivity contribution in [2.24, 2.45) is 0 Å². The van der Waals surface area contributed by atoms with Crippen molar-refractivity contribution in [1.82, 2.24) is 0 Å². The molecule has 1 aromatic rings. The summed E-state index contributed by atoms with van der Waals surface area (Å²) in [5, 5.41) is 0. The monoisotopic (exact) mass is 350 g/mol. The molecule has 0 unspecified atom stereocenters. The Morgan fingerprint density at radius 1 is 0.560 bits per heavy atom. The molecule has 3 heteroatoms. The molecule has 0 aliphatic carbocycles. The van der Waals surface area contributed by atoms with Crippen LogP contribution in [0.1, 0.15) is 71.1 Å². The Hall–Kier alpha value is -1.06. The highest BCUT2D eigenvalue weighted by Crippen LogP contribution is 2.12. The van der Waals surface area contributed by atoms with Gasteiger partial charge in [0.2, 0.25) is 0 Å². The first-order valence-corrected chi connectivity index (χ1v) is 10.3. The smallest absolute Gasteiger partial charge is 0.119 e. The highest BCUT2D eigenvalue weighted by atomic mass is 16.5. The number of ether oxygens (including phenoxy) is 3. The van der Waals surface area contributed by atoms with Crippen molar-refractivity contribution in [2.45, 2.75) is 71.1 Å². The van der Waals surface area contributed by atoms with Crippen LogP contribution < -0.4 is 4.74 Å². The largest absolute Gasteiger partial charge is 0.494 e. The van der Waals surface area contributed by atoms with Crippen LogP contribution >= 0.6 is 0 Å². The molecule has 0 bridgehead atoms. The number of rotatable bonds is 18. The van der Waals surface area contributed by atoms with E-state index in [4.69, 9.17) is 14.2 Å². The van der Waals surface area contributed by atoms with Gasteiger partial charge >= 0.3 is 0 Å². The first-order valence-electron chi connectivity index (χ1n) is 10.3. The normalized spacial score (nSPS) is 10.9. The van der Waals surface area contributed by atoms with Gasteiger partial charge in [-0.25, -0.2) is 0 Å². The van der Waals surface area contributed by atoms with E-state index in [0.29, 0.717) is 0 Å². The van der Waals surface area contributed by atoms with Gasteiger partial charge in [-0.2, -0.15) is 0 Å². The van der Waals surface area contributed by atoms with Gasteiger partial charge < -0.3 is 14.2 Å². The Kier molecular flexibility index (Phi) is 15.6. The van der Waals surface area contributed by atoms with E-state index >= 15 is 0 Å². The number of unbranched alkanes of at least 4 members (excludes halogenated alkanes) is 8. The lowest BCUT2D eigenvalue weighted by molar-refractivity contribution is 0.0860. The standard InChI is InChI=1S/C22H38O3/c1-2-23-19-15-20-24-18-13-8-6-4-3-5-7-9-14-21-25-22-16-11-10-12-17-22/h10-12,16-17H,2-9,13-15,18-21H2,1H3. The summed E-state index contributed by atoms with van der Waals surface area (Å²) in [6.07, 6.45) is 12.7. The summed E-state index contributed by atoms with van der Waals surface area (Å²) >= 11 is 0. The van der Waals surface area contributed by atoms with E-state index in [-0.39, 0.29) is 0 Å². The summed E-state index contributed by atoms with van der Waals surface area (Å²) in [5.74, 6) is 0.987. The molecule has 0 radical (unpaired) electrons. The second kappa shape index (κ2) is 17.8. The summed E-state index contributed by atoms with van der Waals surface area (Å²) in [6, 6.07) is 10.1. The van der Waals surface area contributed by atoms with Crippen molar-refractivity contribution < 1.29 is 14.2 Å². The molecule has 0 aliphatic rings. The summed E-state index contributed by atoms with van der Waals surface area (Å²) < 4.78 is 16.6. The summed E-state index contributed by atoms with van der Waals surface area (Å²) in [4.78, 5) is 0. The minimum absolute atomic E-state index is 0.807. The molecule has 0 saturated carbocycles. The maximum absolute atomic E-state index is 5.71. The van der Waals surface area contributed by atoms with Gasteiger partial charge in [-0.15, -0.1) is 0 Å². The highest BCUT2D eigenvalue weighted by molar-refractivity contribution is 5.20. The SMILES string of the molecule is CCOCCCOCCCCCCCCCCCOc1ccccc1. The molecule has 0 aliphatic heterocycles. The molecular formula is C22H38O3. The van der Waals surface area contributed by atoms with Gasteiger partial charge in [-0.1, -0.05) is 63.1 Å². The second-order valence-electron chi connectivity index (χ2n) is 6.51. The van der Waals surface area contributed by atoms with Gasteiger partial charge in [0, 0.05) is 26.4 Å². The van der Waals surface area contributed by atoms with Crippen molar-refractivity contribution in [2.75, 3.05) is 33.0 Å². The van der Waals surface area contributed by atoms with Crippen LogP contribution in [-0.4, -0.2) is 33.0 Å². The molecule has 25 heavy (non-hydrogen) atoms. The first kappa shape index (κ1) is 22.0. The third-order valence-electron chi connectivity index (χ3n) is 4.23. The van der Waals surface area contributed by atoms with Crippen molar-refractivity contribution in [3.63, 3.8) is 0 Å². The van der Waals surface area contributed by atoms with Gasteiger partial charge in [-0.05, 0) is 38.3 Å². The predicted molar refractivity (Wildman–Crippen MR) is 105 cm³/mol. The van der Waals surface area contributed by atoms with Gasteiger partial charge in [0.25, 0.3) is 0 Å². The molecule has 144 valence electrons. The molecule has 0 atom stereocenters. The Morgan fingerprint density at radius 2 is 1.08 bits per heavy atom. The van der Waals surface area contributed by atoms with Crippen LogP contribution in [0, 0.1) is 0 Å². The quantitative estimate of drug-likeness (QED) is 0.303. The van der Waals surface area contributed by atoms with E-state index in [0.717, 1.165) is 51.6 Å². The fourth-order valence-corrected chi connectivity index (χ4v) is 2.76. The zero-order valence-corrected chi connectivity index (χ0v) is 16.2. The lowest BCUT2D eigenvalue weighted by Crippen LogP contribution is -2.01. The number of hydrogen-bond acceptors (Lipinski definition) is 3. The maximum atomic E-state index is 5.71.